The lowest BCUT2D eigenvalue weighted by Gasteiger charge is -2.04. The maximum atomic E-state index is 12.4. The molecule has 0 bridgehead atoms. The predicted molar refractivity (Wildman–Crippen MR) is 53.2 cm³/mol. The van der Waals surface area contributed by atoms with Crippen molar-refractivity contribution in [1.29, 1.82) is 0 Å². The van der Waals surface area contributed by atoms with Crippen LogP contribution < -0.4 is 5.32 Å². The minimum atomic E-state index is -1.05. The Labute approximate surface area is 90.2 Å². The molecular formula is C8H7Cl2FN2O. The van der Waals surface area contributed by atoms with Crippen LogP contribution in [0.2, 0.25) is 0 Å². The van der Waals surface area contributed by atoms with Crippen LogP contribution in [0.4, 0.5) is 10.2 Å². The van der Waals surface area contributed by atoms with Gasteiger partial charge in [0, 0.05) is 0 Å². The second-order valence-corrected chi connectivity index (χ2v) is 3.58. The number of hydrogen-bond acceptors (Lipinski definition) is 3. The van der Waals surface area contributed by atoms with Gasteiger partial charge in [-0.25, -0.2) is 9.37 Å². The number of rotatable bonds is 4. The number of halogens is 3. The van der Waals surface area contributed by atoms with Gasteiger partial charge >= 0.3 is 0 Å². The molecule has 0 aromatic carbocycles. The summed E-state index contributed by atoms with van der Waals surface area (Å²) in [5.41, 5.74) is 0. The number of anilines is 1. The summed E-state index contributed by atoms with van der Waals surface area (Å²) >= 11 is 10.6. The molecule has 0 saturated heterocycles. The summed E-state index contributed by atoms with van der Waals surface area (Å²) in [6.07, 6.45) is 1.05. The smallest absolute Gasteiger partial charge is 0.184 e. The molecule has 1 aromatic heterocycles. The van der Waals surface area contributed by atoms with Gasteiger partial charge in [-0.2, -0.15) is 0 Å². The van der Waals surface area contributed by atoms with E-state index in [0.717, 1.165) is 6.20 Å². The Morgan fingerprint density at radius 1 is 1.57 bits per heavy atom. The fraction of sp³-hybridized carbons (Fsp3) is 0.250. The summed E-state index contributed by atoms with van der Waals surface area (Å²) in [4.78, 5) is 13.6. The number of hydrogen-bond donors (Lipinski definition) is 1. The first kappa shape index (κ1) is 11.2. The molecule has 14 heavy (non-hydrogen) atoms. The van der Waals surface area contributed by atoms with Crippen molar-refractivity contribution in [2.24, 2.45) is 0 Å². The monoisotopic (exact) mass is 236 g/mol. The normalized spacial score (nSPS) is 10.3. The number of nitrogens with one attached hydrogen (secondary N) is 1. The number of carbonyl (C=O) groups is 1. The van der Waals surface area contributed by atoms with Crippen LogP contribution in [0.1, 0.15) is 0 Å². The molecule has 3 nitrogen and oxygen atoms in total. The van der Waals surface area contributed by atoms with Crippen LogP contribution in [-0.2, 0) is 4.79 Å². The van der Waals surface area contributed by atoms with Gasteiger partial charge in [-0.1, -0.05) is 23.2 Å². The third-order valence-corrected chi connectivity index (χ3v) is 1.90. The van der Waals surface area contributed by atoms with E-state index in [1.165, 1.54) is 12.1 Å². The largest absolute Gasteiger partial charge is 0.363 e. The molecule has 0 fully saturated rings. The Morgan fingerprint density at radius 3 is 2.79 bits per heavy atom. The van der Waals surface area contributed by atoms with Crippen LogP contribution in [0.3, 0.4) is 0 Å². The predicted octanol–water partition coefficient (Wildman–Crippen LogP) is 2.01. The minimum absolute atomic E-state index is 0.0314. The first-order valence-corrected chi connectivity index (χ1v) is 4.63. The fourth-order valence-electron chi connectivity index (χ4n) is 0.735. The zero-order valence-corrected chi connectivity index (χ0v) is 8.52. The van der Waals surface area contributed by atoms with Crippen molar-refractivity contribution in [3.8, 4) is 0 Å². The van der Waals surface area contributed by atoms with Gasteiger partial charge < -0.3 is 5.32 Å². The molecule has 1 aromatic rings. The molecule has 0 atom stereocenters. The van der Waals surface area contributed by atoms with Crippen molar-refractivity contribution in [3.05, 3.63) is 24.1 Å². The van der Waals surface area contributed by atoms with Gasteiger partial charge in [-0.15, -0.1) is 0 Å². The quantitative estimate of drug-likeness (QED) is 0.814. The van der Waals surface area contributed by atoms with Crippen LogP contribution in [0.15, 0.2) is 18.3 Å². The van der Waals surface area contributed by atoms with Crippen molar-refractivity contribution >= 4 is 34.8 Å². The second-order valence-electron chi connectivity index (χ2n) is 2.48. The maximum absolute atomic E-state index is 12.4. The molecule has 1 N–H and O–H groups in total. The third-order valence-electron chi connectivity index (χ3n) is 1.41. The van der Waals surface area contributed by atoms with Crippen molar-refractivity contribution in [1.82, 2.24) is 4.98 Å². The molecule has 1 heterocycles. The van der Waals surface area contributed by atoms with Crippen LogP contribution >= 0.6 is 23.2 Å². The Balaban J connectivity index is 2.46. The standard InChI is InChI=1S/C8H7Cl2FN2O/c9-8(10)6(14)4-13-7-2-1-5(11)3-12-7/h1-3,8H,4H2,(H,12,13). The van der Waals surface area contributed by atoms with Crippen molar-refractivity contribution in [2.45, 2.75) is 4.84 Å². The van der Waals surface area contributed by atoms with Crippen LogP contribution in [-0.4, -0.2) is 22.1 Å². The summed E-state index contributed by atoms with van der Waals surface area (Å²) in [5.74, 6) is -0.400. The topological polar surface area (TPSA) is 42.0 Å². The van der Waals surface area contributed by atoms with Crippen molar-refractivity contribution in [2.75, 3.05) is 11.9 Å². The van der Waals surface area contributed by atoms with E-state index >= 15 is 0 Å². The zero-order valence-electron chi connectivity index (χ0n) is 7.01. The van der Waals surface area contributed by atoms with Crippen LogP contribution in [0.5, 0.6) is 0 Å². The summed E-state index contributed by atoms with van der Waals surface area (Å²) in [6, 6.07) is 2.65. The Morgan fingerprint density at radius 2 is 2.29 bits per heavy atom. The highest BCUT2D eigenvalue weighted by Gasteiger charge is 2.10. The molecule has 0 aliphatic carbocycles. The van der Waals surface area contributed by atoms with Crippen LogP contribution in [0.25, 0.3) is 0 Å². The number of pyridine rings is 1. The Kier molecular flexibility index (Phi) is 4.10. The maximum Gasteiger partial charge on any atom is 0.184 e. The lowest BCUT2D eigenvalue weighted by molar-refractivity contribution is -0.115. The van der Waals surface area contributed by atoms with E-state index in [1.807, 2.05) is 0 Å². The van der Waals surface area contributed by atoms with E-state index < -0.39 is 10.7 Å². The highest BCUT2D eigenvalue weighted by atomic mass is 35.5. The number of carbonyl (C=O) groups excluding carboxylic acids is 1. The summed E-state index contributed by atoms with van der Waals surface area (Å²) < 4.78 is 12.4. The molecule has 76 valence electrons. The first-order valence-electron chi connectivity index (χ1n) is 3.76. The lowest BCUT2D eigenvalue weighted by Crippen LogP contribution is -2.19. The highest BCUT2D eigenvalue weighted by molar-refractivity contribution is 6.54. The molecule has 0 aliphatic heterocycles. The van der Waals surface area contributed by atoms with E-state index in [1.54, 1.807) is 0 Å². The molecule has 6 heteroatoms. The molecule has 0 spiro atoms. The van der Waals surface area contributed by atoms with Gasteiger partial charge in [0.25, 0.3) is 0 Å². The minimum Gasteiger partial charge on any atom is -0.363 e. The molecule has 0 amide bonds. The summed E-state index contributed by atoms with van der Waals surface area (Å²) in [5, 5.41) is 2.66. The summed E-state index contributed by atoms with van der Waals surface area (Å²) in [6.45, 7) is -0.0314. The Bertz CT molecular complexity index is 316. The van der Waals surface area contributed by atoms with E-state index in [4.69, 9.17) is 23.2 Å². The van der Waals surface area contributed by atoms with Gasteiger partial charge in [0.1, 0.15) is 11.6 Å². The number of alkyl halides is 2. The third kappa shape index (κ3) is 3.47. The van der Waals surface area contributed by atoms with Gasteiger partial charge in [0.2, 0.25) is 0 Å². The average molecular weight is 237 g/mol. The van der Waals surface area contributed by atoms with E-state index in [0.29, 0.717) is 5.82 Å². The molecule has 0 saturated carbocycles. The zero-order chi connectivity index (χ0) is 10.6. The van der Waals surface area contributed by atoms with Crippen LogP contribution in [0, 0.1) is 5.82 Å². The van der Waals surface area contributed by atoms with Gasteiger partial charge in [-0.3, -0.25) is 4.79 Å². The fourth-order valence-corrected chi connectivity index (χ4v) is 0.890. The summed E-state index contributed by atoms with van der Waals surface area (Å²) in [7, 11) is 0. The van der Waals surface area contributed by atoms with E-state index in [2.05, 4.69) is 10.3 Å². The number of Topliss-reactive ketones (excluding diaryl/α,β-unsaturated/α-hetero) is 1. The highest BCUT2D eigenvalue weighted by Crippen LogP contribution is 2.06. The second kappa shape index (κ2) is 5.12. The molecule has 0 unspecified atom stereocenters. The van der Waals surface area contributed by atoms with Crippen molar-refractivity contribution < 1.29 is 9.18 Å². The van der Waals surface area contributed by atoms with E-state index in [9.17, 15) is 9.18 Å². The van der Waals surface area contributed by atoms with Crippen molar-refractivity contribution in [3.63, 3.8) is 0 Å². The van der Waals surface area contributed by atoms with Gasteiger partial charge in [-0.05, 0) is 12.1 Å². The first-order chi connectivity index (χ1) is 6.59. The molecule has 0 radical (unpaired) electrons. The van der Waals surface area contributed by atoms with Gasteiger partial charge in [0.05, 0.1) is 12.7 Å². The molecule has 1 rings (SSSR count). The van der Waals surface area contributed by atoms with E-state index in [-0.39, 0.29) is 12.3 Å². The number of nitrogens with zero attached hydrogens (tertiary/aromatic N) is 1. The molecule has 0 aliphatic rings. The average Bonchev–Trinajstić information content (AvgIpc) is 2.16. The SMILES string of the molecule is O=C(CNc1ccc(F)cn1)C(Cl)Cl. The number of ketones is 1. The van der Waals surface area contributed by atoms with Gasteiger partial charge in [0.15, 0.2) is 10.6 Å². The lowest BCUT2D eigenvalue weighted by atomic mass is 10.4. The number of aromatic nitrogens is 1. The molecular weight excluding hydrogens is 230 g/mol. The Hall–Kier alpha value is -0.870.